The number of rotatable bonds is 9. The van der Waals surface area contributed by atoms with Gasteiger partial charge in [-0.3, -0.25) is 4.79 Å². The van der Waals surface area contributed by atoms with E-state index in [0.717, 1.165) is 0 Å². The van der Waals surface area contributed by atoms with E-state index < -0.39 is 43.1 Å². The molecule has 0 saturated carbocycles. The van der Waals surface area contributed by atoms with Gasteiger partial charge in [-0.05, 0) is 38.1 Å². The second-order valence-electron chi connectivity index (χ2n) is 6.92. The Labute approximate surface area is 188 Å². The van der Waals surface area contributed by atoms with Gasteiger partial charge in [-0.25, -0.2) is 14.4 Å². The van der Waals surface area contributed by atoms with Gasteiger partial charge in [0.1, 0.15) is 35.5 Å². The zero-order chi connectivity index (χ0) is 24.0. The zero-order valence-corrected chi connectivity index (χ0v) is 18.0. The number of esters is 2. The fourth-order valence-corrected chi connectivity index (χ4v) is 3.13. The quantitative estimate of drug-likeness (QED) is 0.478. The van der Waals surface area contributed by atoms with Crippen LogP contribution < -0.4 is 21.1 Å². The van der Waals surface area contributed by atoms with Crippen LogP contribution in [0, 0.1) is 6.92 Å². The van der Waals surface area contributed by atoms with Gasteiger partial charge in [0, 0.05) is 0 Å². The second kappa shape index (κ2) is 10.4. The number of amides is 3. The van der Waals surface area contributed by atoms with Crippen LogP contribution in [0.3, 0.4) is 0 Å². The molecule has 0 spiro atoms. The van der Waals surface area contributed by atoms with Gasteiger partial charge in [0.25, 0.3) is 5.91 Å². The Balaban J connectivity index is 1.87. The molecule has 174 valence electrons. The minimum absolute atomic E-state index is 0.0375. The van der Waals surface area contributed by atoms with Gasteiger partial charge >= 0.3 is 18.0 Å². The van der Waals surface area contributed by atoms with Crippen molar-refractivity contribution in [3.63, 3.8) is 0 Å². The number of ether oxygens (including phenoxy) is 3. The predicted octanol–water partition coefficient (Wildman–Crippen LogP) is 1.48. The molecule has 1 atom stereocenters. The molecule has 0 radical (unpaired) electrons. The maximum atomic E-state index is 12.7. The summed E-state index contributed by atoms with van der Waals surface area (Å²) in [4.78, 5) is 48.6. The number of nitrogens with one attached hydrogen (secondary N) is 2. The average Bonchev–Trinajstić information content (AvgIpc) is 3.22. The average molecular weight is 457 g/mol. The molecule has 2 heterocycles. The van der Waals surface area contributed by atoms with E-state index in [-0.39, 0.29) is 29.2 Å². The molecule has 1 aliphatic rings. The molecule has 2 aromatic rings. The smallest absolute Gasteiger partial charge is 0.342 e. The standard InChI is InChI=1S/C22H23N3O8/c1-3-30-21(28)18-14(24-22(29)25-19(18)16-9-8-12(2)33-16)10-32-20(27)13-6-4-5-7-15(13)31-11-17(23)26/h4-9,19H,3,10-11H2,1-2H3,(H2,23,26)(H2,24,25,29). The van der Waals surface area contributed by atoms with Gasteiger partial charge in [-0.15, -0.1) is 0 Å². The largest absolute Gasteiger partial charge is 0.483 e. The van der Waals surface area contributed by atoms with Crippen molar-refractivity contribution in [2.45, 2.75) is 19.9 Å². The van der Waals surface area contributed by atoms with Crippen molar-refractivity contribution in [3.05, 3.63) is 64.8 Å². The number of hydrogen-bond acceptors (Lipinski definition) is 8. The SMILES string of the molecule is CCOC(=O)C1=C(COC(=O)c2ccccc2OCC(N)=O)NC(=O)NC1c1ccc(C)o1. The lowest BCUT2D eigenvalue weighted by molar-refractivity contribution is -0.139. The monoisotopic (exact) mass is 457 g/mol. The fraction of sp³-hybridized carbons (Fsp3) is 0.273. The van der Waals surface area contributed by atoms with Crippen LogP contribution in [0.1, 0.15) is 34.8 Å². The number of benzene rings is 1. The van der Waals surface area contributed by atoms with Crippen LogP contribution in [0.25, 0.3) is 0 Å². The number of para-hydroxylation sites is 1. The highest BCUT2D eigenvalue weighted by Gasteiger charge is 2.36. The number of carbonyl (C=O) groups excluding carboxylic acids is 4. The molecule has 11 heteroatoms. The van der Waals surface area contributed by atoms with E-state index in [4.69, 9.17) is 24.4 Å². The van der Waals surface area contributed by atoms with E-state index in [2.05, 4.69) is 10.6 Å². The van der Waals surface area contributed by atoms with E-state index in [0.29, 0.717) is 11.5 Å². The van der Waals surface area contributed by atoms with Gasteiger partial charge in [0.05, 0.1) is 17.9 Å². The highest BCUT2D eigenvalue weighted by Crippen LogP contribution is 2.29. The third-order valence-electron chi connectivity index (χ3n) is 4.52. The Morgan fingerprint density at radius 2 is 1.85 bits per heavy atom. The predicted molar refractivity (Wildman–Crippen MR) is 113 cm³/mol. The zero-order valence-electron chi connectivity index (χ0n) is 18.0. The first-order valence-corrected chi connectivity index (χ1v) is 10.0. The number of urea groups is 1. The fourth-order valence-electron chi connectivity index (χ4n) is 3.13. The molecule has 33 heavy (non-hydrogen) atoms. The van der Waals surface area contributed by atoms with Crippen molar-refractivity contribution in [1.82, 2.24) is 10.6 Å². The van der Waals surface area contributed by atoms with Crippen molar-refractivity contribution in [2.24, 2.45) is 5.73 Å². The first-order chi connectivity index (χ1) is 15.8. The second-order valence-corrected chi connectivity index (χ2v) is 6.92. The number of nitrogens with two attached hydrogens (primary N) is 1. The number of aryl methyl sites for hydroxylation is 1. The highest BCUT2D eigenvalue weighted by molar-refractivity contribution is 5.96. The van der Waals surface area contributed by atoms with Crippen LogP contribution in [-0.2, 0) is 19.1 Å². The lowest BCUT2D eigenvalue weighted by Gasteiger charge is -2.27. The molecule has 1 unspecified atom stereocenters. The molecular weight excluding hydrogens is 434 g/mol. The Morgan fingerprint density at radius 3 is 2.52 bits per heavy atom. The van der Waals surface area contributed by atoms with Crippen LogP contribution in [0.2, 0.25) is 0 Å². The number of hydrogen-bond donors (Lipinski definition) is 3. The Hall–Kier alpha value is -4.28. The van der Waals surface area contributed by atoms with Gasteiger partial charge in [-0.2, -0.15) is 0 Å². The van der Waals surface area contributed by atoms with E-state index in [1.54, 1.807) is 38.1 Å². The summed E-state index contributed by atoms with van der Waals surface area (Å²) in [6.45, 7) is 2.59. The summed E-state index contributed by atoms with van der Waals surface area (Å²) in [5.74, 6) is -1.22. The van der Waals surface area contributed by atoms with Gasteiger partial charge < -0.3 is 35.0 Å². The first kappa shape index (κ1) is 23.4. The molecule has 0 fully saturated rings. The van der Waals surface area contributed by atoms with Crippen molar-refractivity contribution < 1.29 is 37.8 Å². The van der Waals surface area contributed by atoms with Crippen molar-refractivity contribution >= 4 is 23.9 Å². The lowest BCUT2D eigenvalue weighted by atomic mass is 10.0. The minimum atomic E-state index is -0.939. The van der Waals surface area contributed by atoms with E-state index in [9.17, 15) is 19.2 Å². The summed E-state index contributed by atoms with van der Waals surface area (Å²) in [7, 11) is 0. The topological polar surface area (TPSA) is 159 Å². The third-order valence-corrected chi connectivity index (χ3v) is 4.52. The summed E-state index contributed by atoms with van der Waals surface area (Å²) in [5, 5.41) is 5.11. The summed E-state index contributed by atoms with van der Waals surface area (Å²) >= 11 is 0. The van der Waals surface area contributed by atoms with Gasteiger partial charge in [0.15, 0.2) is 6.61 Å². The highest BCUT2D eigenvalue weighted by atomic mass is 16.5. The number of primary amides is 1. The maximum Gasteiger partial charge on any atom is 0.342 e. The van der Waals surface area contributed by atoms with Crippen LogP contribution in [0.4, 0.5) is 4.79 Å². The molecule has 4 N–H and O–H groups in total. The van der Waals surface area contributed by atoms with Crippen molar-refractivity contribution in [1.29, 1.82) is 0 Å². The molecule has 11 nitrogen and oxygen atoms in total. The van der Waals surface area contributed by atoms with Crippen molar-refractivity contribution in [2.75, 3.05) is 19.8 Å². The van der Waals surface area contributed by atoms with Crippen LogP contribution in [-0.4, -0.2) is 43.7 Å². The summed E-state index contributed by atoms with van der Waals surface area (Å²) in [5.41, 5.74) is 5.20. The van der Waals surface area contributed by atoms with Gasteiger partial charge in [-0.1, -0.05) is 12.1 Å². The molecule has 3 amide bonds. The summed E-state index contributed by atoms with van der Waals surface area (Å²) in [6.07, 6.45) is 0. The Morgan fingerprint density at radius 1 is 1.09 bits per heavy atom. The first-order valence-electron chi connectivity index (χ1n) is 10.0. The summed E-state index contributed by atoms with van der Waals surface area (Å²) < 4.78 is 21.3. The Bertz CT molecular complexity index is 1100. The normalized spacial score (nSPS) is 15.3. The maximum absolute atomic E-state index is 12.7. The summed E-state index contributed by atoms with van der Waals surface area (Å²) in [6, 6.07) is 7.87. The van der Waals surface area contributed by atoms with Gasteiger partial charge in [0.2, 0.25) is 0 Å². The molecular formula is C22H23N3O8. The minimum Gasteiger partial charge on any atom is -0.483 e. The van der Waals surface area contributed by atoms with Crippen LogP contribution in [0.5, 0.6) is 5.75 Å². The van der Waals surface area contributed by atoms with E-state index in [1.807, 2.05) is 0 Å². The lowest BCUT2D eigenvalue weighted by Crippen LogP contribution is -2.47. The number of furan rings is 1. The molecule has 1 aromatic carbocycles. The van der Waals surface area contributed by atoms with Crippen molar-refractivity contribution in [3.8, 4) is 5.75 Å². The molecule has 1 aromatic heterocycles. The molecule has 0 aliphatic carbocycles. The molecule has 0 bridgehead atoms. The third kappa shape index (κ3) is 5.70. The molecule has 3 rings (SSSR count). The number of carbonyl (C=O) groups is 4. The molecule has 1 aliphatic heterocycles. The Kier molecular flexibility index (Phi) is 7.34. The van der Waals surface area contributed by atoms with E-state index >= 15 is 0 Å². The van der Waals surface area contributed by atoms with E-state index in [1.165, 1.54) is 12.1 Å². The van der Waals surface area contributed by atoms with Crippen LogP contribution in [0.15, 0.2) is 52.1 Å². The van der Waals surface area contributed by atoms with Crippen LogP contribution >= 0.6 is 0 Å². The molecule has 0 saturated heterocycles.